The Labute approximate surface area is 172 Å². The smallest absolute Gasteiger partial charge is 0.250 e. The van der Waals surface area contributed by atoms with Gasteiger partial charge >= 0.3 is 0 Å². The molecule has 29 heavy (non-hydrogen) atoms. The highest BCUT2D eigenvalue weighted by Gasteiger charge is 2.15. The number of fused-ring (bicyclic) bond motifs is 1. The van der Waals surface area contributed by atoms with E-state index in [1.54, 1.807) is 13.2 Å². The van der Waals surface area contributed by atoms with Gasteiger partial charge in [0.25, 0.3) is 0 Å². The fourth-order valence-electron chi connectivity index (χ4n) is 2.95. The minimum Gasteiger partial charge on any atom is -0.497 e. The first-order valence-electron chi connectivity index (χ1n) is 9.08. The van der Waals surface area contributed by atoms with Crippen LogP contribution in [0.1, 0.15) is 21.7 Å². The number of carbonyl (C=O) groups excluding carboxylic acids is 1. The van der Waals surface area contributed by atoms with Crippen molar-refractivity contribution in [1.82, 2.24) is 4.98 Å². The number of benzene rings is 2. The van der Waals surface area contributed by atoms with Crippen LogP contribution < -0.4 is 19.5 Å². The molecule has 0 bridgehead atoms. The van der Waals surface area contributed by atoms with Crippen LogP contribution in [0.4, 0.5) is 5.13 Å². The van der Waals surface area contributed by atoms with Crippen molar-refractivity contribution in [3.05, 3.63) is 70.2 Å². The minimum absolute atomic E-state index is 0.226. The number of ether oxygens (including phenoxy) is 3. The van der Waals surface area contributed by atoms with Gasteiger partial charge in [0.15, 0.2) is 16.6 Å². The fourth-order valence-corrected chi connectivity index (χ4v) is 3.95. The summed E-state index contributed by atoms with van der Waals surface area (Å²) in [5.41, 5.74) is 2.90. The van der Waals surface area contributed by atoms with Crippen LogP contribution in [0, 0.1) is 6.92 Å². The average molecular weight is 408 g/mol. The van der Waals surface area contributed by atoms with Crippen molar-refractivity contribution >= 4 is 28.5 Å². The van der Waals surface area contributed by atoms with Gasteiger partial charge in [-0.15, -0.1) is 11.3 Å². The number of rotatable bonds is 6. The molecule has 0 saturated carbocycles. The molecule has 148 valence electrons. The SMILES string of the molecule is COc1cccc(C=CC(=O)Nc2nc(C)c(Cc3ccc4c(c3)OCO4)s2)c1. The van der Waals surface area contributed by atoms with Crippen molar-refractivity contribution in [2.75, 3.05) is 19.2 Å². The molecule has 2 aromatic carbocycles. The van der Waals surface area contributed by atoms with E-state index in [4.69, 9.17) is 14.2 Å². The van der Waals surface area contributed by atoms with Crippen LogP contribution in [0.3, 0.4) is 0 Å². The van der Waals surface area contributed by atoms with Gasteiger partial charge in [0.2, 0.25) is 12.7 Å². The Balaban J connectivity index is 1.41. The number of carbonyl (C=O) groups is 1. The molecule has 4 rings (SSSR count). The van der Waals surface area contributed by atoms with Crippen LogP contribution in [0.5, 0.6) is 17.2 Å². The summed E-state index contributed by atoms with van der Waals surface area (Å²) < 4.78 is 16.0. The van der Waals surface area contributed by atoms with Crippen molar-refractivity contribution in [1.29, 1.82) is 0 Å². The number of thiazole rings is 1. The highest BCUT2D eigenvalue weighted by atomic mass is 32.1. The molecule has 3 aromatic rings. The molecule has 0 aliphatic carbocycles. The van der Waals surface area contributed by atoms with Crippen LogP contribution >= 0.6 is 11.3 Å². The Kier molecular flexibility index (Phi) is 5.48. The standard InChI is InChI=1S/C22H20N2O4S/c1-14-20(12-16-6-8-18-19(11-16)28-13-27-18)29-22(23-14)24-21(25)9-7-15-4-3-5-17(10-15)26-2/h3-11H,12-13H2,1-2H3,(H,23,24,25). The minimum atomic E-state index is -0.226. The van der Waals surface area contributed by atoms with Gasteiger partial charge in [0.1, 0.15) is 5.75 Å². The van der Waals surface area contributed by atoms with Crippen molar-refractivity contribution in [3.8, 4) is 17.2 Å². The number of anilines is 1. The summed E-state index contributed by atoms with van der Waals surface area (Å²) >= 11 is 1.47. The topological polar surface area (TPSA) is 69.7 Å². The van der Waals surface area contributed by atoms with E-state index in [-0.39, 0.29) is 12.7 Å². The lowest BCUT2D eigenvalue weighted by Crippen LogP contribution is -2.07. The van der Waals surface area contributed by atoms with Gasteiger partial charge in [-0.1, -0.05) is 18.2 Å². The molecule has 0 fully saturated rings. The van der Waals surface area contributed by atoms with Crippen LogP contribution in [0.25, 0.3) is 6.08 Å². The highest BCUT2D eigenvalue weighted by Crippen LogP contribution is 2.34. The zero-order chi connectivity index (χ0) is 20.2. The van der Waals surface area contributed by atoms with Crippen LogP contribution in [0.2, 0.25) is 0 Å². The molecule has 1 N–H and O–H groups in total. The molecular weight excluding hydrogens is 388 g/mol. The van der Waals surface area contributed by atoms with Crippen molar-refractivity contribution in [2.45, 2.75) is 13.3 Å². The Hall–Kier alpha value is -3.32. The van der Waals surface area contributed by atoms with E-state index in [1.807, 2.05) is 49.4 Å². The van der Waals surface area contributed by atoms with Gasteiger partial charge in [-0.3, -0.25) is 10.1 Å². The molecule has 7 heteroatoms. The summed E-state index contributed by atoms with van der Waals surface area (Å²) in [6, 6.07) is 13.4. The number of aromatic nitrogens is 1. The summed E-state index contributed by atoms with van der Waals surface area (Å²) in [5, 5.41) is 3.42. The first kappa shape index (κ1) is 19.0. The number of nitrogens with zero attached hydrogens (tertiary/aromatic N) is 1. The van der Waals surface area contributed by atoms with Crippen LogP contribution in [-0.4, -0.2) is 24.8 Å². The van der Waals surface area contributed by atoms with Gasteiger partial charge < -0.3 is 14.2 Å². The lowest BCUT2D eigenvalue weighted by atomic mass is 10.1. The summed E-state index contributed by atoms with van der Waals surface area (Å²) in [6.07, 6.45) is 3.95. The van der Waals surface area contributed by atoms with Crippen LogP contribution in [0.15, 0.2) is 48.5 Å². The molecule has 2 heterocycles. The van der Waals surface area contributed by atoms with Crippen molar-refractivity contribution in [3.63, 3.8) is 0 Å². The summed E-state index contributed by atoms with van der Waals surface area (Å²) in [4.78, 5) is 17.8. The van der Waals surface area contributed by atoms with Crippen LogP contribution in [-0.2, 0) is 11.2 Å². The molecular formula is C22H20N2O4S. The summed E-state index contributed by atoms with van der Waals surface area (Å²) in [5.74, 6) is 2.05. The first-order valence-corrected chi connectivity index (χ1v) is 9.90. The Morgan fingerprint density at radius 1 is 1.24 bits per heavy atom. The van der Waals surface area contributed by atoms with E-state index in [0.717, 1.165) is 45.4 Å². The largest absolute Gasteiger partial charge is 0.497 e. The maximum absolute atomic E-state index is 12.3. The molecule has 0 atom stereocenters. The normalized spacial score (nSPS) is 12.3. The second-order valence-corrected chi connectivity index (χ2v) is 7.57. The van der Waals surface area contributed by atoms with E-state index >= 15 is 0 Å². The molecule has 1 aliphatic heterocycles. The molecule has 0 spiro atoms. The molecule has 1 aromatic heterocycles. The van der Waals surface area contributed by atoms with Gasteiger partial charge in [-0.25, -0.2) is 4.98 Å². The first-order chi connectivity index (χ1) is 14.1. The number of amides is 1. The number of hydrogen-bond acceptors (Lipinski definition) is 6. The van der Waals surface area contributed by atoms with Gasteiger partial charge in [0.05, 0.1) is 12.8 Å². The molecule has 0 unspecified atom stereocenters. The lowest BCUT2D eigenvalue weighted by molar-refractivity contribution is -0.111. The van der Waals surface area contributed by atoms with Gasteiger partial charge in [0, 0.05) is 17.4 Å². The Morgan fingerprint density at radius 2 is 2.10 bits per heavy atom. The zero-order valence-electron chi connectivity index (χ0n) is 16.1. The van der Waals surface area contributed by atoms with E-state index in [0.29, 0.717) is 5.13 Å². The Morgan fingerprint density at radius 3 is 2.97 bits per heavy atom. The number of hydrogen-bond donors (Lipinski definition) is 1. The summed E-state index contributed by atoms with van der Waals surface area (Å²) in [6.45, 7) is 2.21. The molecule has 0 saturated heterocycles. The maximum Gasteiger partial charge on any atom is 0.250 e. The highest BCUT2D eigenvalue weighted by molar-refractivity contribution is 7.15. The predicted molar refractivity (Wildman–Crippen MR) is 113 cm³/mol. The lowest BCUT2D eigenvalue weighted by Gasteiger charge is -2.02. The molecule has 0 radical (unpaired) electrons. The average Bonchev–Trinajstić information content (AvgIpc) is 3.32. The molecule has 1 amide bonds. The number of nitrogens with one attached hydrogen (secondary N) is 1. The molecule has 1 aliphatic rings. The molecule has 6 nitrogen and oxygen atoms in total. The van der Waals surface area contributed by atoms with E-state index in [1.165, 1.54) is 17.4 Å². The van der Waals surface area contributed by atoms with Crippen molar-refractivity contribution in [2.24, 2.45) is 0 Å². The third-order valence-corrected chi connectivity index (χ3v) is 5.52. The fraction of sp³-hybridized carbons (Fsp3) is 0.182. The second kappa shape index (κ2) is 8.36. The van der Waals surface area contributed by atoms with Gasteiger partial charge in [-0.05, 0) is 48.4 Å². The van der Waals surface area contributed by atoms with E-state index in [9.17, 15) is 4.79 Å². The third-order valence-electron chi connectivity index (χ3n) is 4.45. The number of methoxy groups -OCH3 is 1. The zero-order valence-corrected chi connectivity index (χ0v) is 16.9. The Bertz CT molecular complexity index is 1070. The van der Waals surface area contributed by atoms with E-state index < -0.39 is 0 Å². The third kappa shape index (κ3) is 4.57. The monoisotopic (exact) mass is 408 g/mol. The number of aryl methyl sites for hydroxylation is 1. The van der Waals surface area contributed by atoms with Gasteiger partial charge in [-0.2, -0.15) is 0 Å². The quantitative estimate of drug-likeness (QED) is 0.611. The second-order valence-electron chi connectivity index (χ2n) is 6.49. The maximum atomic E-state index is 12.3. The predicted octanol–water partition coefficient (Wildman–Crippen LogP) is 4.43. The van der Waals surface area contributed by atoms with E-state index in [2.05, 4.69) is 10.3 Å². The van der Waals surface area contributed by atoms with Crippen molar-refractivity contribution < 1.29 is 19.0 Å². The summed E-state index contributed by atoms with van der Waals surface area (Å²) in [7, 11) is 1.61.